The zero-order valence-electron chi connectivity index (χ0n) is 65.1. The van der Waals surface area contributed by atoms with Gasteiger partial charge < -0.3 is 13.5 Å². The molecule has 94 heavy (non-hydrogen) atoms. The number of aryl methyl sites for hydroxylation is 11. The maximum Gasteiger partial charge on any atom is 0.213 e. The quantitative estimate of drug-likeness (QED) is 0.136. The van der Waals surface area contributed by atoms with E-state index in [1.165, 1.54) is 43.2 Å². The SMILES string of the molecule is CC.CC.CC.CC.CC.CC.CC.CC.CC.CC.CC.CC.CC.Cc1nnc(C)o1.Cc1nnc(C)s1.Cc1nnnn1C.Cc1nonc1C.Cn1ccnc1.Cn1cncn1.Cn1cncn1.c1ccnnc1.c1cncnc1.c1csnn1.c1ncon1. The van der Waals surface area contributed by atoms with E-state index in [0.29, 0.717) is 11.8 Å². The molecule has 0 aliphatic heterocycles. The third-order valence-corrected chi connectivity index (χ3v) is 7.38. The van der Waals surface area contributed by atoms with Crippen molar-refractivity contribution in [3.8, 4) is 0 Å². The molecule has 11 heterocycles. The van der Waals surface area contributed by atoms with Gasteiger partial charge in [-0.05, 0) is 74.8 Å². The van der Waals surface area contributed by atoms with Gasteiger partial charge in [0.1, 0.15) is 58.9 Å². The smallest absolute Gasteiger partial charge is 0.213 e. The first kappa shape index (κ1) is 116. The lowest BCUT2D eigenvalue weighted by Gasteiger charge is -1.81. The summed E-state index contributed by atoms with van der Waals surface area (Å²) in [7, 11) is 7.39. The third kappa shape index (κ3) is 108. The highest BCUT2D eigenvalue weighted by Crippen LogP contribution is 2.04. The van der Waals surface area contributed by atoms with Crippen molar-refractivity contribution in [2.75, 3.05) is 0 Å². The highest BCUT2D eigenvalue weighted by Gasteiger charge is 1.93. The molecule has 0 aliphatic rings. The number of hydrogen-bond donors (Lipinski definition) is 0. The van der Waals surface area contributed by atoms with E-state index in [2.05, 4.69) is 120 Å². The number of hydrogen-bond acceptors (Lipinski definition) is 27. The van der Waals surface area contributed by atoms with Crippen molar-refractivity contribution in [1.82, 2.24) is 130 Å². The van der Waals surface area contributed by atoms with Gasteiger partial charge in [0.15, 0.2) is 6.33 Å². The average Bonchev–Trinajstić information content (AvgIpc) is 3.89. The van der Waals surface area contributed by atoms with Crippen molar-refractivity contribution in [1.29, 1.82) is 0 Å². The molecule has 0 radical (unpaired) electrons. The number of tetrazole rings is 1. The summed E-state index contributed by atoms with van der Waals surface area (Å²) in [5.41, 5.74) is 1.72. The van der Waals surface area contributed by atoms with Crippen molar-refractivity contribution < 1.29 is 13.6 Å². The zero-order valence-corrected chi connectivity index (χ0v) is 66.8. The molecule has 11 aromatic heterocycles. The van der Waals surface area contributed by atoms with E-state index in [9.17, 15) is 0 Å². The molecule has 0 saturated heterocycles. The van der Waals surface area contributed by atoms with Gasteiger partial charge >= 0.3 is 0 Å². The molecule has 0 bridgehead atoms. The molecule has 0 spiro atoms. The van der Waals surface area contributed by atoms with Gasteiger partial charge in [0.05, 0.1) is 12.5 Å². The molecule has 0 amide bonds. The second-order valence-corrected chi connectivity index (χ2v) is 13.9. The average molecular weight is 1360 g/mol. The Morgan fingerprint density at radius 2 is 0.840 bits per heavy atom. The Kier molecular flexibility index (Phi) is 146. The molecule has 0 aliphatic carbocycles. The second-order valence-electron chi connectivity index (χ2n) is 11.8. The first-order valence-corrected chi connectivity index (χ1v) is 33.8. The van der Waals surface area contributed by atoms with Crippen LogP contribution < -0.4 is 0 Å². The summed E-state index contributed by atoms with van der Waals surface area (Å²) in [5, 5.41) is 57.5. The van der Waals surface area contributed by atoms with Gasteiger partial charge in [-0.3, -0.25) is 9.36 Å². The first-order valence-electron chi connectivity index (χ1n) is 32.2. The van der Waals surface area contributed by atoms with Gasteiger partial charge in [0.2, 0.25) is 18.2 Å². The van der Waals surface area contributed by atoms with Crippen LogP contribution in [-0.2, 0) is 28.2 Å². The molecular formula is C63H130N26O3S2. The zero-order chi connectivity index (χ0) is 75.9. The molecular weight excluding hydrogens is 1230 g/mol. The lowest BCUT2D eigenvalue weighted by Crippen LogP contribution is -1.92. The Bertz CT molecular complexity index is 2260. The van der Waals surface area contributed by atoms with Crippen LogP contribution in [0.15, 0.2) is 131 Å². The molecule has 11 aromatic rings. The number of nitrogens with zero attached hydrogens (tertiary/aromatic N) is 26. The predicted molar refractivity (Wildman–Crippen MR) is 391 cm³/mol. The summed E-state index contributed by atoms with van der Waals surface area (Å²) in [6.07, 6.45) is 24.1. The molecule has 0 atom stereocenters. The topological polar surface area (TPSA) is 343 Å². The summed E-state index contributed by atoms with van der Waals surface area (Å²) >= 11 is 2.97. The highest BCUT2D eigenvalue weighted by atomic mass is 32.1. The van der Waals surface area contributed by atoms with E-state index in [1.807, 2.05) is 264 Å². The highest BCUT2D eigenvalue weighted by molar-refractivity contribution is 7.11. The lowest BCUT2D eigenvalue weighted by molar-refractivity contribution is 0.302. The summed E-state index contributed by atoms with van der Waals surface area (Å²) in [6.45, 7) is 65.0. The van der Waals surface area contributed by atoms with Crippen LogP contribution in [0.1, 0.15) is 219 Å². The van der Waals surface area contributed by atoms with Crippen molar-refractivity contribution in [3.63, 3.8) is 0 Å². The van der Waals surface area contributed by atoms with Gasteiger partial charge in [-0.25, -0.2) is 39.2 Å². The maximum atomic E-state index is 4.86. The molecule has 0 fully saturated rings. The van der Waals surface area contributed by atoms with E-state index < -0.39 is 0 Å². The molecule has 542 valence electrons. The molecule has 29 nitrogen and oxygen atoms in total. The van der Waals surface area contributed by atoms with Gasteiger partial charge in [0.25, 0.3) is 0 Å². The summed E-state index contributed by atoms with van der Waals surface area (Å²) in [5.74, 6) is 2.08. The number of imidazole rings is 1. The number of rotatable bonds is 0. The van der Waals surface area contributed by atoms with E-state index >= 15 is 0 Å². The van der Waals surface area contributed by atoms with E-state index in [1.54, 1.807) is 109 Å². The lowest BCUT2D eigenvalue weighted by atomic mass is 10.4. The molecule has 0 saturated carbocycles. The van der Waals surface area contributed by atoms with E-state index in [4.69, 9.17) is 4.42 Å². The monoisotopic (exact) mass is 1360 g/mol. The van der Waals surface area contributed by atoms with Crippen LogP contribution in [0.3, 0.4) is 0 Å². The van der Waals surface area contributed by atoms with Crippen LogP contribution in [0.5, 0.6) is 0 Å². The summed E-state index contributed by atoms with van der Waals surface area (Å²) in [6, 6.07) is 5.43. The second kappa shape index (κ2) is 118. The fourth-order valence-corrected chi connectivity index (χ4v) is 3.84. The van der Waals surface area contributed by atoms with Crippen LogP contribution in [-0.4, -0.2) is 130 Å². The minimum absolute atomic E-state index is 0.623. The van der Waals surface area contributed by atoms with Gasteiger partial charge in [-0.1, -0.05) is 200 Å². The van der Waals surface area contributed by atoms with Crippen LogP contribution in [0.4, 0.5) is 0 Å². The Labute approximate surface area is 577 Å². The summed E-state index contributed by atoms with van der Waals surface area (Å²) < 4.78 is 23.7. The molecule has 11 rings (SSSR count). The Morgan fingerprint density at radius 1 is 0.404 bits per heavy atom. The fourth-order valence-electron chi connectivity index (χ4n) is 2.98. The fraction of sp³-hybridized carbons (Fsp3) is 0.587. The molecule has 0 unspecified atom stereocenters. The standard InChI is InChI=1S/2C4H6N2O.C4H6N2S.C4H6N2.2C4H4N2.C3H6N4.2C3H5N3.C2H2N2O.C2H2N2S.13C2H6/c1-3-5-6-4(2)7-3;1-3-4(2)6-7-5-3;1-3-5-6-4(2)7-3;1-6-3-2-5-4-6;1-2-5-4-6-3-1;1-2-4-6-5-3-1;1-3-4-5-6-7(3)2;2*1-6-3-4-2-5-6;1-3-2-5-4-1;1-2-5-4-3-1;13*1-2/h3*1-2H3;2-4H,1H3;2*1-4H;1-2H3;2*2-3H,1H3;2*1-2H;13*1-2H3. The van der Waals surface area contributed by atoms with Crippen molar-refractivity contribution in [2.24, 2.45) is 28.2 Å². The van der Waals surface area contributed by atoms with Gasteiger partial charge in [0, 0.05) is 84.6 Å². The normalized spacial score (nSPS) is 7.20. The molecule has 0 N–H and O–H groups in total. The van der Waals surface area contributed by atoms with Crippen LogP contribution in [0.2, 0.25) is 0 Å². The van der Waals surface area contributed by atoms with Crippen molar-refractivity contribution in [2.45, 2.75) is 228 Å². The van der Waals surface area contributed by atoms with Crippen LogP contribution >= 0.6 is 22.9 Å². The molecule has 0 aromatic carbocycles. The van der Waals surface area contributed by atoms with Gasteiger partial charge in [-0.2, -0.15) is 20.4 Å². The van der Waals surface area contributed by atoms with E-state index in [0.717, 1.165) is 27.2 Å². The minimum Gasteiger partial charge on any atom is -0.426 e. The summed E-state index contributed by atoms with van der Waals surface area (Å²) in [4.78, 5) is 21.9. The third-order valence-electron chi connectivity index (χ3n) is 6.20. The van der Waals surface area contributed by atoms with Crippen molar-refractivity contribution >= 4 is 22.9 Å². The van der Waals surface area contributed by atoms with Crippen molar-refractivity contribution in [3.05, 3.63) is 157 Å². The van der Waals surface area contributed by atoms with Crippen LogP contribution in [0.25, 0.3) is 0 Å². The minimum atomic E-state index is 0.623. The predicted octanol–water partition coefficient (Wildman–Crippen LogP) is 17.0. The Hall–Kier alpha value is -8.74. The molecule has 31 heteroatoms. The Morgan fingerprint density at radius 3 is 0.947 bits per heavy atom. The maximum absolute atomic E-state index is 4.86. The van der Waals surface area contributed by atoms with E-state index in [-0.39, 0.29) is 0 Å². The van der Waals surface area contributed by atoms with Crippen LogP contribution in [0, 0.1) is 48.5 Å². The largest absolute Gasteiger partial charge is 0.426 e. The van der Waals surface area contributed by atoms with Gasteiger partial charge in [-0.15, -0.1) is 41.9 Å². The first-order chi connectivity index (χ1) is 45.9. The Balaban J connectivity index is -0.0000000675. The number of aromatic nitrogens is 26.